The molecule has 0 heterocycles. The maximum absolute atomic E-state index is 11.5. The van der Waals surface area contributed by atoms with Crippen LogP contribution in [0.1, 0.15) is 39.5 Å². The summed E-state index contributed by atoms with van der Waals surface area (Å²) in [5, 5.41) is 2.97. The molecule has 0 aromatic rings. The first-order valence-corrected chi connectivity index (χ1v) is 5.03. The summed E-state index contributed by atoms with van der Waals surface area (Å²) in [4.78, 5) is 11.5. The minimum atomic E-state index is 0.279. The van der Waals surface area contributed by atoms with Gasteiger partial charge in [-0.2, -0.15) is 0 Å². The highest BCUT2D eigenvalue weighted by atomic mass is 16.1. The molecule has 12 heavy (non-hydrogen) atoms. The average Bonchev–Trinajstić information content (AvgIpc) is 2.47. The fourth-order valence-corrected chi connectivity index (χ4v) is 1.91. The Morgan fingerprint density at radius 1 is 1.50 bits per heavy atom. The quantitative estimate of drug-likeness (QED) is 0.687. The molecule has 0 bridgehead atoms. The molecule has 1 N–H and O–H groups in total. The number of carbonyl (C=O) groups excluding carboxylic acids is 1. The molecule has 1 amide bonds. The van der Waals surface area contributed by atoms with Crippen LogP contribution in [0.15, 0.2) is 0 Å². The minimum absolute atomic E-state index is 0.279. The van der Waals surface area contributed by atoms with Gasteiger partial charge in [-0.3, -0.25) is 4.79 Å². The lowest BCUT2D eigenvalue weighted by Crippen LogP contribution is -2.32. The molecule has 2 unspecified atom stereocenters. The maximum atomic E-state index is 11.5. The van der Waals surface area contributed by atoms with E-state index in [9.17, 15) is 4.79 Å². The Kier molecular flexibility index (Phi) is 3.57. The van der Waals surface area contributed by atoms with Crippen LogP contribution in [-0.2, 0) is 4.79 Å². The van der Waals surface area contributed by atoms with Gasteiger partial charge in [-0.05, 0) is 25.2 Å². The van der Waals surface area contributed by atoms with Crippen molar-refractivity contribution in [3.63, 3.8) is 0 Å². The molecular formula is C10H19NO. The third-order valence-corrected chi connectivity index (χ3v) is 2.75. The second-order valence-electron chi connectivity index (χ2n) is 3.81. The van der Waals surface area contributed by atoms with Crippen LogP contribution in [0, 0.1) is 11.8 Å². The summed E-state index contributed by atoms with van der Waals surface area (Å²) >= 11 is 0. The number of rotatable bonds is 3. The van der Waals surface area contributed by atoms with Crippen LogP contribution in [0.25, 0.3) is 0 Å². The molecule has 1 aliphatic rings. The number of nitrogens with one attached hydrogen (secondary N) is 1. The second kappa shape index (κ2) is 4.48. The van der Waals surface area contributed by atoms with Crippen LogP contribution in [-0.4, -0.2) is 12.5 Å². The van der Waals surface area contributed by atoms with E-state index >= 15 is 0 Å². The van der Waals surface area contributed by atoms with Gasteiger partial charge in [0.1, 0.15) is 0 Å². The van der Waals surface area contributed by atoms with Gasteiger partial charge >= 0.3 is 0 Å². The van der Waals surface area contributed by atoms with E-state index in [1.807, 2.05) is 0 Å². The van der Waals surface area contributed by atoms with E-state index in [-0.39, 0.29) is 5.91 Å². The van der Waals surface area contributed by atoms with Crippen LogP contribution in [0.2, 0.25) is 0 Å². The second-order valence-corrected chi connectivity index (χ2v) is 3.81. The summed E-state index contributed by atoms with van der Waals surface area (Å²) in [6.07, 6.45) is 4.58. The minimum Gasteiger partial charge on any atom is -0.356 e. The Morgan fingerprint density at radius 2 is 2.25 bits per heavy atom. The van der Waals surface area contributed by atoms with Crippen molar-refractivity contribution in [3.8, 4) is 0 Å². The van der Waals surface area contributed by atoms with Crippen molar-refractivity contribution in [2.45, 2.75) is 39.5 Å². The molecule has 1 aliphatic carbocycles. The van der Waals surface area contributed by atoms with Gasteiger partial charge < -0.3 is 5.32 Å². The Hall–Kier alpha value is -0.530. The van der Waals surface area contributed by atoms with Crippen LogP contribution >= 0.6 is 0 Å². The topological polar surface area (TPSA) is 29.1 Å². The Balaban J connectivity index is 2.30. The largest absolute Gasteiger partial charge is 0.356 e. The summed E-state index contributed by atoms with van der Waals surface area (Å²) in [5.41, 5.74) is 0. The molecule has 1 rings (SSSR count). The van der Waals surface area contributed by atoms with Gasteiger partial charge in [0.05, 0.1) is 0 Å². The fraction of sp³-hybridized carbons (Fsp3) is 0.900. The molecule has 0 aromatic carbocycles. The summed E-state index contributed by atoms with van der Waals surface area (Å²) < 4.78 is 0. The zero-order valence-electron chi connectivity index (χ0n) is 8.10. The van der Waals surface area contributed by atoms with E-state index in [0.29, 0.717) is 11.8 Å². The van der Waals surface area contributed by atoms with Crippen molar-refractivity contribution >= 4 is 5.91 Å². The molecule has 2 atom stereocenters. The van der Waals surface area contributed by atoms with Crippen molar-refractivity contribution in [1.29, 1.82) is 0 Å². The molecule has 0 aliphatic heterocycles. The van der Waals surface area contributed by atoms with Crippen LogP contribution in [0.5, 0.6) is 0 Å². The SMILES string of the molecule is CCCNC(=O)C1CCCC1C. The molecule has 1 saturated carbocycles. The van der Waals surface area contributed by atoms with Crippen molar-refractivity contribution in [3.05, 3.63) is 0 Å². The summed E-state index contributed by atoms with van der Waals surface area (Å²) in [7, 11) is 0. The van der Waals surface area contributed by atoms with Crippen molar-refractivity contribution in [1.82, 2.24) is 5.32 Å². The van der Waals surface area contributed by atoms with Crippen LogP contribution in [0.3, 0.4) is 0 Å². The summed E-state index contributed by atoms with van der Waals surface area (Å²) in [5.74, 6) is 1.18. The lowest BCUT2D eigenvalue weighted by atomic mass is 9.97. The summed E-state index contributed by atoms with van der Waals surface area (Å²) in [6, 6.07) is 0. The highest BCUT2D eigenvalue weighted by Gasteiger charge is 2.28. The van der Waals surface area contributed by atoms with E-state index in [1.165, 1.54) is 12.8 Å². The molecular weight excluding hydrogens is 150 g/mol. The normalized spacial score (nSPS) is 28.8. The lowest BCUT2D eigenvalue weighted by Gasteiger charge is -2.14. The van der Waals surface area contributed by atoms with E-state index in [2.05, 4.69) is 19.2 Å². The third kappa shape index (κ3) is 2.23. The number of amides is 1. The Morgan fingerprint density at radius 3 is 2.75 bits per heavy atom. The van der Waals surface area contributed by atoms with Gasteiger partial charge in [-0.25, -0.2) is 0 Å². The molecule has 0 saturated heterocycles. The summed E-state index contributed by atoms with van der Waals surface area (Å²) in [6.45, 7) is 5.10. The molecule has 1 fully saturated rings. The monoisotopic (exact) mass is 169 g/mol. The van der Waals surface area contributed by atoms with Gasteiger partial charge in [0.15, 0.2) is 0 Å². The van der Waals surface area contributed by atoms with Gasteiger partial charge in [-0.15, -0.1) is 0 Å². The third-order valence-electron chi connectivity index (χ3n) is 2.75. The molecule has 0 aromatic heterocycles. The van der Waals surface area contributed by atoms with Crippen molar-refractivity contribution in [2.75, 3.05) is 6.54 Å². The van der Waals surface area contributed by atoms with E-state index in [4.69, 9.17) is 0 Å². The lowest BCUT2D eigenvalue weighted by molar-refractivity contribution is -0.125. The Labute approximate surface area is 74.7 Å². The first-order valence-electron chi connectivity index (χ1n) is 5.03. The smallest absolute Gasteiger partial charge is 0.223 e. The molecule has 2 nitrogen and oxygen atoms in total. The molecule has 70 valence electrons. The van der Waals surface area contributed by atoms with Gasteiger partial charge in [-0.1, -0.05) is 20.3 Å². The van der Waals surface area contributed by atoms with E-state index in [0.717, 1.165) is 19.4 Å². The number of hydrogen-bond donors (Lipinski definition) is 1. The maximum Gasteiger partial charge on any atom is 0.223 e. The van der Waals surface area contributed by atoms with Gasteiger partial charge in [0.2, 0.25) is 5.91 Å². The average molecular weight is 169 g/mol. The molecule has 0 spiro atoms. The predicted octanol–water partition coefficient (Wildman–Crippen LogP) is 1.95. The highest BCUT2D eigenvalue weighted by Crippen LogP contribution is 2.30. The van der Waals surface area contributed by atoms with Gasteiger partial charge in [0.25, 0.3) is 0 Å². The van der Waals surface area contributed by atoms with E-state index < -0.39 is 0 Å². The van der Waals surface area contributed by atoms with Crippen molar-refractivity contribution < 1.29 is 4.79 Å². The first kappa shape index (κ1) is 9.56. The van der Waals surface area contributed by atoms with Crippen LogP contribution < -0.4 is 5.32 Å². The zero-order valence-corrected chi connectivity index (χ0v) is 8.10. The number of hydrogen-bond acceptors (Lipinski definition) is 1. The van der Waals surface area contributed by atoms with Crippen molar-refractivity contribution in [2.24, 2.45) is 11.8 Å². The van der Waals surface area contributed by atoms with Gasteiger partial charge in [0, 0.05) is 12.5 Å². The fourth-order valence-electron chi connectivity index (χ4n) is 1.91. The van der Waals surface area contributed by atoms with E-state index in [1.54, 1.807) is 0 Å². The molecule has 2 heteroatoms. The highest BCUT2D eigenvalue weighted by molar-refractivity contribution is 5.79. The zero-order chi connectivity index (χ0) is 8.97. The van der Waals surface area contributed by atoms with Crippen LogP contribution in [0.4, 0.5) is 0 Å². The standard InChI is InChI=1S/C10H19NO/c1-3-7-11-10(12)9-6-4-5-8(9)2/h8-9H,3-7H2,1-2H3,(H,11,12). The first-order chi connectivity index (χ1) is 5.75. The Bertz CT molecular complexity index is 156. The number of carbonyl (C=O) groups is 1. The predicted molar refractivity (Wildman–Crippen MR) is 49.8 cm³/mol. The molecule has 0 radical (unpaired) electrons.